The van der Waals surface area contributed by atoms with Crippen molar-refractivity contribution >= 4 is 32.7 Å². The molecule has 3 heterocycles. The van der Waals surface area contributed by atoms with Gasteiger partial charge in [0.05, 0.1) is 11.4 Å². The number of likely N-dealkylation sites (N-methyl/N-ethyl adjacent to an activating group) is 2. The van der Waals surface area contributed by atoms with E-state index < -0.39 is 15.6 Å². The number of anilines is 1. The number of benzene rings is 3. The van der Waals surface area contributed by atoms with Gasteiger partial charge < -0.3 is 19.8 Å². The predicted molar refractivity (Wildman–Crippen MR) is 193 cm³/mol. The average Bonchev–Trinajstić information content (AvgIpc) is 3.44. The van der Waals surface area contributed by atoms with Crippen LogP contribution in [0.25, 0.3) is 33.3 Å². The highest BCUT2D eigenvalue weighted by Gasteiger charge is 2.24. The summed E-state index contributed by atoms with van der Waals surface area (Å²) in [6.45, 7) is 9.66. The topological polar surface area (TPSA) is 99.0 Å². The van der Waals surface area contributed by atoms with Gasteiger partial charge in [-0.3, -0.25) is 4.79 Å². The van der Waals surface area contributed by atoms with Crippen LogP contribution in [0.5, 0.6) is 0 Å². The summed E-state index contributed by atoms with van der Waals surface area (Å²) in [5.74, 6) is -0.384. The fraction of sp³-hybridized carbons (Fsp3) is 0.316. The molecule has 1 saturated heterocycles. The van der Waals surface area contributed by atoms with Gasteiger partial charge in [-0.25, -0.2) is 17.4 Å². The van der Waals surface area contributed by atoms with Crippen molar-refractivity contribution in [3.8, 4) is 22.3 Å². The minimum absolute atomic E-state index is 0.172. The van der Waals surface area contributed by atoms with Crippen molar-refractivity contribution < 1.29 is 18.3 Å². The lowest BCUT2D eigenvalue weighted by molar-refractivity contribution is 0.0368. The Morgan fingerprint density at radius 3 is 2.23 bits per heavy atom. The standard InChI is InChI=1S/C38H43N5O4S/c1-27-21-31(15-16-35(27)42-19-17-40(4)18-20-42)32-22-33-34(29-11-13-30(14-12-29)37(44)41(5)26-38(2,3)45)24-43(36(33)39-23-32)48(46,47)25-28-9-7-6-8-10-28/h6-16,21-24,45H,17-20,25-26H2,1-5H3. The van der Waals surface area contributed by atoms with E-state index in [2.05, 4.69) is 42.0 Å². The van der Waals surface area contributed by atoms with Crippen molar-refractivity contribution in [1.82, 2.24) is 18.8 Å². The maximum atomic E-state index is 13.8. The first-order chi connectivity index (χ1) is 22.8. The predicted octanol–water partition coefficient (Wildman–Crippen LogP) is 5.65. The van der Waals surface area contributed by atoms with Crippen LogP contribution in [0.3, 0.4) is 0 Å². The van der Waals surface area contributed by atoms with E-state index in [4.69, 9.17) is 4.98 Å². The second kappa shape index (κ2) is 13.2. The van der Waals surface area contributed by atoms with Crippen LogP contribution in [0.15, 0.2) is 91.3 Å². The summed E-state index contributed by atoms with van der Waals surface area (Å²) in [6, 6.07) is 24.7. The molecule has 1 amide bonds. The highest BCUT2D eigenvalue weighted by atomic mass is 32.2. The first-order valence-corrected chi connectivity index (χ1v) is 17.8. The molecule has 0 bridgehead atoms. The third kappa shape index (κ3) is 7.16. The van der Waals surface area contributed by atoms with E-state index in [0.717, 1.165) is 42.9 Å². The minimum Gasteiger partial charge on any atom is -0.389 e. The maximum Gasteiger partial charge on any atom is 0.253 e. The molecule has 6 rings (SSSR count). The number of hydrogen-bond donors (Lipinski definition) is 1. The van der Waals surface area contributed by atoms with Crippen LogP contribution in [0, 0.1) is 6.92 Å². The third-order valence-corrected chi connectivity index (χ3v) is 10.5. The molecule has 250 valence electrons. The van der Waals surface area contributed by atoms with Crippen LogP contribution in [-0.4, -0.2) is 90.6 Å². The molecule has 0 aliphatic carbocycles. The zero-order valence-electron chi connectivity index (χ0n) is 28.2. The van der Waals surface area contributed by atoms with Crippen molar-refractivity contribution in [3.05, 3.63) is 108 Å². The number of aromatic nitrogens is 2. The van der Waals surface area contributed by atoms with Gasteiger partial charge in [-0.15, -0.1) is 0 Å². The Morgan fingerprint density at radius 1 is 0.917 bits per heavy atom. The number of amides is 1. The molecule has 48 heavy (non-hydrogen) atoms. The van der Waals surface area contributed by atoms with Crippen molar-refractivity contribution in [1.29, 1.82) is 0 Å². The van der Waals surface area contributed by atoms with Crippen molar-refractivity contribution in [2.45, 2.75) is 32.1 Å². The lowest BCUT2D eigenvalue weighted by Gasteiger charge is -2.35. The molecule has 1 aliphatic rings. The Balaban J connectivity index is 1.40. The highest BCUT2D eigenvalue weighted by molar-refractivity contribution is 7.89. The van der Waals surface area contributed by atoms with Gasteiger partial charge in [-0.2, -0.15) is 0 Å². The molecule has 0 saturated carbocycles. The van der Waals surface area contributed by atoms with E-state index >= 15 is 0 Å². The average molecular weight is 666 g/mol. The zero-order valence-corrected chi connectivity index (χ0v) is 29.0. The van der Waals surface area contributed by atoms with Crippen LogP contribution < -0.4 is 4.90 Å². The molecule has 0 atom stereocenters. The Morgan fingerprint density at radius 2 is 1.58 bits per heavy atom. The van der Waals surface area contributed by atoms with Crippen LogP contribution in [-0.2, 0) is 15.8 Å². The number of nitrogens with zero attached hydrogens (tertiary/aromatic N) is 5. The molecule has 3 aromatic carbocycles. The van der Waals surface area contributed by atoms with Gasteiger partial charge in [0, 0.05) is 79.9 Å². The summed E-state index contributed by atoms with van der Waals surface area (Å²) in [6.07, 6.45) is 3.38. The maximum absolute atomic E-state index is 13.8. The number of hydrogen-bond acceptors (Lipinski definition) is 7. The molecule has 0 unspecified atom stereocenters. The number of aliphatic hydroxyl groups is 1. The van der Waals surface area contributed by atoms with Gasteiger partial charge in [0.25, 0.3) is 5.91 Å². The van der Waals surface area contributed by atoms with Crippen molar-refractivity contribution in [2.75, 3.05) is 51.7 Å². The Hall–Kier alpha value is -4.51. The largest absolute Gasteiger partial charge is 0.389 e. The lowest BCUT2D eigenvalue weighted by atomic mass is 9.99. The van der Waals surface area contributed by atoms with Crippen LogP contribution in [0.4, 0.5) is 5.69 Å². The molecule has 2 aromatic heterocycles. The van der Waals surface area contributed by atoms with Gasteiger partial charge in [-0.05, 0) is 80.4 Å². The van der Waals surface area contributed by atoms with E-state index in [1.807, 2.05) is 36.4 Å². The molecule has 10 heteroatoms. The Bertz CT molecular complexity index is 2040. The first-order valence-electron chi connectivity index (χ1n) is 16.2. The van der Waals surface area contributed by atoms with Gasteiger partial charge in [0.2, 0.25) is 10.0 Å². The Labute approximate surface area is 283 Å². The summed E-state index contributed by atoms with van der Waals surface area (Å²) in [7, 11) is -0.0140. The van der Waals surface area contributed by atoms with E-state index in [1.165, 1.54) is 20.1 Å². The van der Waals surface area contributed by atoms with Crippen LogP contribution >= 0.6 is 0 Å². The normalized spacial score (nSPS) is 14.4. The van der Waals surface area contributed by atoms with Crippen molar-refractivity contribution in [2.24, 2.45) is 0 Å². The number of carbonyl (C=O) groups excluding carboxylic acids is 1. The molecule has 0 radical (unpaired) electrons. The first kappa shape index (κ1) is 33.4. The van der Waals surface area contributed by atoms with Crippen LogP contribution in [0.2, 0.25) is 0 Å². The number of fused-ring (bicyclic) bond motifs is 1. The molecule has 1 N–H and O–H groups in total. The molecule has 9 nitrogen and oxygen atoms in total. The number of pyridine rings is 1. The number of carbonyl (C=O) groups is 1. The number of piperazine rings is 1. The van der Waals surface area contributed by atoms with E-state index in [0.29, 0.717) is 27.7 Å². The van der Waals surface area contributed by atoms with Gasteiger partial charge in [0.1, 0.15) is 0 Å². The summed E-state index contributed by atoms with van der Waals surface area (Å²) >= 11 is 0. The zero-order chi connectivity index (χ0) is 34.2. The van der Waals surface area contributed by atoms with E-state index in [9.17, 15) is 18.3 Å². The summed E-state index contributed by atoms with van der Waals surface area (Å²) in [5, 5.41) is 10.9. The van der Waals surface area contributed by atoms with Gasteiger partial charge >= 0.3 is 0 Å². The summed E-state index contributed by atoms with van der Waals surface area (Å²) in [5.41, 5.74) is 6.23. The highest BCUT2D eigenvalue weighted by Crippen LogP contribution is 2.35. The molecule has 1 fully saturated rings. The second-order valence-electron chi connectivity index (χ2n) is 13.5. The summed E-state index contributed by atoms with van der Waals surface area (Å²) < 4.78 is 29.0. The Kier molecular flexibility index (Phi) is 9.17. The van der Waals surface area contributed by atoms with Gasteiger partial charge in [-0.1, -0.05) is 48.5 Å². The molecule has 5 aromatic rings. The summed E-state index contributed by atoms with van der Waals surface area (Å²) in [4.78, 5) is 24.1. The van der Waals surface area contributed by atoms with Crippen LogP contribution in [0.1, 0.15) is 35.3 Å². The smallest absolute Gasteiger partial charge is 0.253 e. The van der Waals surface area contributed by atoms with Crippen molar-refractivity contribution in [3.63, 3.8) is 0 Å². The molecular formula is C38H43N5O4S. The lowest BCUT2D eigenvalue weighted by Crippen LogP contribution is -2.44. The fourth-order valence-corrected chi connectivity index (χ4v) is 7.86. The second-order valence-corrected chi connectivity index (χ2v) is 15.4. The SMILES string of the molecule is Cc1cc(-c2cnc3c(c2)c(-c2ccc(C(=O)N(C)CC(C)(C)O)cc2)cn3S(=O)(=O)Cc2ccccc2)ccc1N1CCN(C)CC1. The number of aryl methyl sites for hydroxylation is 1. The van der Waals surface area contributed by atoms with Gasteiger partial charge in [0.15, 0.2) is 5.65 Å². The quantitative estimate of drug-likeness (QED) is 0.217. The third-order valence-electron chi connectivity index (χ3n) is 8.89. The molecule has 1 aliphatic heterocycles. The van der Waals surface area contributed by atoms with E-state index in [1.54, 1.807) is 57.6 Å². The molecule has 0 spiro atoms. The minimum atomic E-state index is -3.82. The van der Waals surface area contributed by atoms with E-state index in [-0.39, 0.29) is 18.2 Å². The fourth-order valence-electron chi connectivity index (χ4n) is 6.44. The monoisotopic (exact) mass is 665 g/mol. The number of rotatable bonds is 9. The molecular weight excluding hydrogens is 623 g/mol.